The first-order valence-electron chi connectivity index (χ1n) is 8.36. The zero-order valence-electron chi connectivity index (χ0n) is 14.0. The maximum Gasteiger partial charge on any atom is 0.353 e. The molecule has 0 rings (SSSR count). The molecular formula is C17H32NO3-. The van der Waals surface area contributed by atoms with Gasteiger partial charge in [0, 0.05) is 7.05 Å². The van der Waals surface area contributed by atoms with Crippen molar-refractivity contribution >= 4 is 5.97 Å². The predicted molar refractivity (Wildman–Crippen MR) is 84.6 cm³/mol. The van der Waals surface area contributed by atoms with Crippen LogP contribution in [0, 0.1) is 0 Å². The molecule has 0 bridgehead atoms. The van der Waals surface area contributed by atoms with Crippen molar-refractivity contribution < 1.29 is 14.6 Å². The van der Waals surface area contributed by atoms with E-state index in [0.29, 0.717) is 6.61 Å². The molecule has 0 aromatic rings. The van der Waals surface area contributed by atoms with Crippen LogP contribution in [-0.4, -0.2) is 19.6 Å². The number of hydrogen-bond donors (Lipinski definition) is 1. The normalized spacial score (nSPS) is 12.0. The van der Waals surface area contributed by atoms with Crippen LogP contribution in [0.3, 0.4) is 0 Å². The largest absolute Gasteiger partial charge is 0.874 e. The molecule has 0 saturated carbocycles. The number of esters is 1. The van der Waals surface area contributed by atoms with Crippen LogP contribution in [0.4, 0.5) is 0 Å². The van der Waals surface area contributed by atoms with E-state index in [9.17, 15) is 9.90 Å². The Morgan fingerprint density at radius 3 is 1.86 bits per heavy atom. The van der Waals surface area contributed by atoms with E-state index in [1.54, 1.807) is 7.05 Å². The number of carbonyl (C=O) groups excluding carboxylic acids is 1. The number of hydrogen-bond acceptors (Lipinski definition) is 4. The van der Waals surface area contributed by atoms with Crippen molar-refractivity contribution in [2.24, 2.45) is 0 Å². The molecule has 0 aliphatic rings. The third-order valence-corrected chi connectivity index (χ3v) is 3.54. The highest BCUT2D eigenvalue weighted by Crippen LogP contribution is 2.10. The fraction of sp³-hybridized carbons (Fsp3) is 0.824. The lowest BCUT2D eigenvalue weighted by Gasteiger charge is -2.14. The van der Waals surface area contributed by atoms with Gasteiger partial charge in [-0.1, -0.05) is 71.6 Å². The van der Waals surface area contributed by atoms with Gasteiger partial charge in [0.25, 0.3) is 0 Å². The molecule has 0 aliphatic heterocycles. The predicted octanol–water partition coefficient (Wildman–Crippen LogP) is 3.26. The third kappa shape index (κ3) is 11.2. The molecule has 0 saturated heterocycles. The SMILES string of the molecule is CCCCCCCCCCCCOC(=O)/C(NC)=C(/C)[O-]. The first kappa shape index (κ1) is 19.8. The fourth-order valence-electron chi connectivity index (χ4n) is 2.25. The molecule has 0 heterocycles. The van der Waals surface area contributed by atoms with E-state index in [2.05, 4.69) is 12.2 Å². The highest BCUT2D eigenvalue weighted by Gasteiger charge is 2.08. The number of carbonyl (C=O) groups is 1. The van der Waals surface area contributed by atoms with Gasteiger partial charge in [-0.25, -0.2) is 4.79 Å². The average Bonchev–Trinajstić information content (AvgIpc) is 2.45. The van der Waals surface area contributed by atoms with Crippen molar-refractivity contribution in [2.75, 3.05) is 13.7 Å². The zero-order valence-corrected chi connectivity index (χ0v) is 14.0. The van der Waals surface area contributed by atoms with Crippen LogP contribution in [0.15, 0.2) is 11.5 Å². The maximum atomic E-state index is 11.5. The Balaban J connectivity index is 3.40. The fourth-order valence-corrected chi connectivity index (χ4v) is 2.25. The molecular weight excluding hydrogens is 266 g/mol. The molecule has 0 aromatic carbocycles. The Morgan fingerprint density at radius 1 is 0.952 bits per heavy atom. The summed E-state index contributed by atoms with van der Waals surface area (Å²) < 4.78 is 5.07. The summed E-state index contributed by atoms with van der Waals surface area (Å²) in [6, 6.07) is 0. The minimum absolute atomic E-state index is 0.0297. The molecule has 0 radical (unpaired) electrons. The van der Waals surface area contributed by atoms with Gasteiger partial charge in [-0.05, 0) is 6.42 Å². The quantitative estimate of drug-likeness (QED) is 0.245. The molecule has 0 fully saturated rings. The van der Waals surface area contributed by atoms with E-state index in [1.807, 2.05) is 0 Å². The Bertz CT molecular complexity index is 296. The maximum absolute atomic E-state index is 11.5. The van der Waals surface area contributed by atoms with Gasteiger partial charge in [0.15, 0.2) is 0 Å². The van der Waals surface area contributed by atoms with Gasteiger partial charge < -0.3 is 15.2 Å². The Kier molecular flexibility index (Phi) is 13.0. The summed E-state index contributed by atoms with van der Waals surface area (Å²) in [5.74, 6) is -0.827. The summed E-state index contributed by atoms with van der Waals surface area (Å²) in [5.41, 5.74) is 0.0297. The monoisotopic (exact) mass is 298 g/mol. The topological polar surface area (TPSA) is 61.4 Å². The number of ether oxygens (including phenoxy) is 1. The number of likely N-dealkylation sites (N-methyl/N-ethyl adjacent to an activating group) is 1. The highest BCUT2D eigenvalue weighted by atomic mass is 16.5. The van der Waals surface area contributed by atoms with Crippen LogP contribution in [0.25, 0.3) is 0 Å². The highest BCUT2D eigenvalue weighted by molar-refractivity contribution is 5.88. The minimum atomic E-state index is -0.541. The summed E-state index contributed by atoms with van der Waals surface area (Å²) in [4.78, 5) is 11.5. The van der Waals surface area contributed by atoms with Crippen molar-refractivity contribution in [3.8, 4) is 0 Å². The van der Waals surface area contributed by atoms with Crippen LogP contribution in [0.5, 0.6) is 0 Å². The molecule has 1 N–H and O–H groups in total. The van der Waals surface area contributed by atoms with Crippen LogP contribution in [0.1, 0.15) is 78.1 Å². The molecule has 0 atom stereocenters. The van der Waals surface area contributed by atoms with Gasteiger partial charge in [-0.15, -0.1) is 5.76 Å². The van der Waals surface area contributed by atoms with E-state index in [4.69, 9.17) is 4.74 Å². The van der Waals surface area contributed by atoms with Gasteiger partial charge in [0.05, 0.1) is 6.61 Å². The first-order chi connectivity index (χ1) is 10.1. The van der Waals surface area contributed by atoms with Crippen molar-refractivity contribution in [1.82, 2.24) is 5.32 Å². The summed E-state index contributed by atoms with van der Waals surface area (Å²) in [6.45, 7) is 3.99. The molecule has 0 unspecified atom stereocenters. The van der Waals surface area contributed by atoms with E-state index in [-0.39, 0.29) is 11.5 Å². The van der Waals surface area contributed by atoms with Crippen LogP contribution in [-0.2, 0) is 9.53 Å². The molecule has 124 valence electrons. The second-order valence-electron chi connectivity index (χ2n) is 5.50. The molecule has 0 aromatic heterocycles. The zero-order chi connectivity index (χ0) is 15.9. The summed E-state index contributed by atoms with van der Waals surface area (Å²) in [6.07, 6.45) is 12.5. The lowest BCUT2D eigenvalue weighted by Crippen LogP contribution is -2.24. The number of rotatable bonds is 13. The molecule has 0 amide bonds. The molecule has 0 aliphatic carbocycles. The summed E-state index contributed by atoms with van der Waals surface area (Å²) >= 11 is 0. The van der Waals surface area contributed by atoms with Gasteiger partial charge in [-0.2, -0.15) is 0 Å². The summed E-state index contributed by atoms with van der Waals surface area (Å²) in [5, 5.41) is 13.7. The summed E-state index contributed by atoms with van der Waals surface area (Å²) in [7, 11) is 1.55. The van der Waals surface area contributed by atoms with Crippen molar-refractivity contribution in [1.29, 1.82) is 0 Å². The van der Waals surface area contributed by atoms with Gasteiger partial charge in [0.2, 0.25) is 0 Å². The standard InChI is InChI=1S/C17H33NO3/c1-4-5-6-7-8-9-10-11-12-13-14-21-17(20)16(18-3)15(2)19/h18-19H,4-14H2,1-3H3/p-1/b16-15+. The first-order valence-corrected chi connectivity index (χ1v) is 8.36. The van der Waals surface area contributed by atoms with Gasteiger partial charge in [0.1, 0.15) is 5.70 Å². The van der Waals surface area contributed by atoms with Crippen LogP contribution >= 0.6 is 0 Å². The Labute approximate surface area is 130 Å². The minimum Gasteiger partial charge on any atom is -0.874 e. The lowest BCUT2D eigenvalue weighted by atomic mass is 10.1. The molecule has 21 heavy (non-hydrogen) atoms. The third-order valence-electron chi connectivity index (χ3n) is 3.54. The smallest absolute Gasteiger partial charge is 0.353 e. The van der Waals surface area contributed by atoms with Crippen LogP contribution in [0.2, 0.25) is 0 Å². The Morgan fingerprint density at radius 2 is 1.43 bits per heavy atom. The second kappa shape index (κ2) is 13.8. The number of unbranched alkanes of at least 4 members (excludes halogenated alkanes) is 9. The van der Waals surface area contributed by atoms with Gasteiger partial charge in [-0.3, -0.25) is 0 Å². The van der Waals surface area contributed by atoms with Crippen molar-refractivity contribution in [3.05, 3.63) is 11.5 Å². The number of nitrogens with one attached hydrogen (secondary N) is 1. The van der Waals surface area contributed by atoms with E-state index >= 15 is 0 Å². The average molecular weight is 298 g/mol. The van der Waals surface area contributed by atoms with E-state index < -0.39 is 5.97 Å². The molecule has 4 nitrogen and oxygen atoms in total. The molecule has 0 spiro atoms. The second-order valence-corrected chi connectivity index (χ2v) is 5.50. The number of allylic oxidation sites excluding steroid dienone is 1. The van der Waals surface area contributed by atoms with Crippen LogP contribution < -0.4 is 10.4 Å². The Hall–Kier alpha value is -1.19. The van der Waals surface area contributed by atoms with E-state index in [0.717, 1.165) is 12.8 Å². The molecule has 4 heteroatoms. The van der Waals surface area contributed by atoms with Gasteiger partial charge >= 0.3 is 5.97 Å². The van der Waals surface area contributed by atoms with E-state index in [1.165, 1.54) is 58.3 Å². The van der Waals surface area contributed by atoms with Crippen molar-refractivity contribution in [3.63, 3.8) is 0 Å². The lowest BCUT2D eigenvalue weighted by molar-refractivity contribution is -0.303. The van der Waals surface area contributed by atoms with Crippen molar-refractivity contribution in [2.45, 2.75) is 78.1 Å².